The maximum Gasteiger partial charge on any atom is 0.191 e. The molecule has 0 unspecified atom stereocenters. The Balaban J connectivity index is 0.00000784. The van der Waals surface area contributed by atoms with Gasteiger partial charge in [0.1, 0.15) is 0 Å². The highest BCUT2D eigenvalue weighted by Crippen LogP contribution is 2.33. The van der Waals surface area contributed by atoms with E-state index in [1.807, 2.05) is 12.1 Å². The van der Waals surface area contributed by atoms with Crippen LogP contribution in [0.15, 0.2) is 23.2 Å². The van der Waals surface area contributed by atoms with Crippen LogP contribution < -0.4 is 20.1 Å². The number of benzene rings is 1. The van der Waals surface area contributed by atoms with Crippen molar-refractivity contribution in [3.05, 3.63) is 23.8 Å². The molecule has 7 nitrogen and oxygen atoms in total. The molecule has 0 spiro atoms. The van der Waals surface area contributed by atoms with Gasteiger partial charge >= 0.3 is 0 Å². The second-order valence-corrected chi connectivity index (χ2v) is 7.03. The summed E-state index contributed by atoms with van der Waals surface area (Å²) in [4.78, 5) is 4.77. The topological polar surface area (TPSA) is 73.3 Å². The Morgan fingerprint density at radius 2 is 1.72 bits per heavy atom. The number of hydrogen-bond acceptors (Lipinski definition) is 5. The van der Waals surface area contributed by atoms with E-state index in [4.69, 9.17) is 23.9 Å². The van der Waals surface area contributed by atoms with E-state index in [9.17, 15) is 0 Å². The van der Waals surface area contributed by atoms with Crippen LogP contribution in [0.4, 0.5) is 0 Å². The lowest BCUT2D eigenvalue weighted by atomic mass is 9.84. The first kappa shape index (κ1) is 27.7. The summed E-state index contributed by atoms with van der Waals surface area (Å²) >= 11 is 0. The highest BCUT2D eigenvalue weighted by molar-refractivity contribution is 14.0. The lowest BCUT2D eigenvalue weighted by Crippen LogP contribution is -2.39. The van der Waals surface area contributed by atoms with Crippen molar-refractivity contribution in [2.24, 2.45) is 4.99 Å². The van der Waals surface area contributed by atoms with Crippen LogP contribution in [0, 0.1) is 0 Å². The Bertz CT molecular complexity index is 597. The van der Waals surface area contributed by atoms with Gasteiger partial charge in [0.15, 0.2) is 17.5 Å². The van der Waals surface area contributed by atoms with Gasteiger partial charge in [-0.15, -0.1) is 24.0 Å². The molecule has 0 fully saturated rings. The fraction of sp³-hybridized carbons (Fsp3) is 0.667. The van der Waals surface area contributed by atoms with Crippen molar-refractivity contribution >= 4 is 29.9 Å². The van der Waals surface area contributed by atoms with Crippen molar-refractivity contribution in [2.75, 3.05) is 60.8 Å². The number of rotatable bonds is 13. The lowest BCUT2D eigenvalue weighted by Gasteiger charge is -2.25. The number of nitrogens with one attached hydrogen (secondary N) is 2. The molecule has 0 heterocycles. The maximum atomic E-state index is 5.48. The molecule has 0 aliphatic heterocycles. The van der Waals surface area contributed by atoms with Crippen LogP contribution in [0.2, 0.25) is 0 Å². The molecule has 2 N–H and O–H groups in total. The van der Waals surface area contributed by atoms with Gasteiger partial charge in [-0.25, -0.2) is 0 Å². The summed E-state index contributed by atoms with van der Waals surface area (Å²) in [5, 5.41) is 6.65. The first-order chi connectivity index (χ1) is 13.5. The second-order valence-electron chi connectivity index (χ2n) is 7.03. The molecule has 0 aliphatic carbocycles. The minimum Gasteiger partial charge on any atom is -0.493 e. The minimum atomic E-state index is -0.148. The fourth-order valence-electron chi connectivity index (χ4n) is 2.59. The van der Waals surface area contributed by atoms with Crippen molar-refractivity contribution < 1.29 is 18.9 Å². The smallest absolute Gasteiger partial charge is 0.191 e. The Hall–Kier alpha value is -1.26. The number of halogens is 1. The fourth-order valence-corrected chi connectivity index (χ4v) is 2.59. The average Bonchev–Trinajstić information content (AvgIpc) is 2.70. The van der Waals surface area contributed by atoms with E-state index in [-0.39, 0.29) is 29.4 Å². The van der Waals surface area contributed by atoms with Gasteiger partial charge in [-0.2, -0.15) is 0 Å². The second kappa shape index (κ2) is 15.6. The summed E-state index contributed by atoms with van der Waals surface area (Å²) in [6.45, 7) is 10.6. The van der Waals surface area contributed by atoms with Gasteiger partial charge in [0.25, 0.3) is 0 Å². The highest BCUT2D eigenvalue weighted by atomic mass is 127. The molecule has 0 amide bonds. The van der Waals surface area contributed by atoms with Gasteiger partial charge in [0, 0.05) is 32.2 Å². The minimum absolute atomic E-state index is 0. The van der Waals surface area contributed by atoms with Crippen molar-refractivity contribution in [1.82, 2.24) is 10.6 Å². The molecule has 0 saturated heterocycles. The van der Waals surface area contributed by atoms with Crippen molar-refractivity contribution in [3.8, 4) is 11.5 Å². The predicted molar refractivity (Wildman–Crippen MR) is 129 cm³/mol. The summed E-state index contributed by atoms with van der Waals surface area (Å²) in [5.41, 5.74) is 1.00. The standard InChI is InChI=1S/C21H37N3O4.HI/c1-7-22-20(23-11-8-12-28-14-13-25-4)24-16-21(2,3)17-9-10-18(26-5)19(15-17)27-6;/h9-10,15H,7-8,11-14,16H2,1-6H3,(H2,22,23,24);1H. The third-order valence-corrected chi connectivity index (χ3v) is 4.33. The zero-order chi connectivity index (χ0) is 20.8. The molecule has 0 aromatic heterocycles. The van der Waals surface area contributed by atoms with Crippen molar-refractivity contribution in [3.63, 3.8) is 0 Å². The first-order valence-electron chi connectivity index (χ1n) is 9.79. The van der Waals surface area contributed by atoms with E-state index in [1.54, 1.807) is 21.3 Å². The molecule has 1 rings (SSSR count). The van der Waals surface area contributed by atoms with E-state index < -0.39 is 0 Å². The summed E-state index contributed by atoms with van der Waals surface area (Å²) in [7, 11) is 4.97. The number of guanidine groups is 1. The van der Waals surface area contributed by atoms with Crippen LogP contribution in [0.1, 0.15) is 32.8 Å². The Kier molecular flexibility index (Phi) is 14.9. The molecule has 1 aromatic rings. The van der Waals surface area contributed by atoms with Crippen LogP contribution in [0.25, 0.3) is 0 Å². The van der Waals surface area contributed by atoms with Gasteiger partial charge in [-0.3, -0.25) is 4.99 Å². The Labute approximate surface area is 192 Å². The van der Waals surface area contributed by atoms with Gasteiger partial charge < -0.3 is 29.6 Å². The SMILES string of the molecule is CCNC(=NCC(C)(C)c1ccc(OC)c(OC)c1)NCCCOCCOC.I. The molecule has 0 radical (unpaired) electrons. The van der Waals surface area contributed by atoms with E-state index in [1.165, 1.54) is 0 Å². The number of ether oxygens (including phenoxy) is 4. The largest absolute Gasteiger partial charge is 0.493 e. The van der Waals surface area contributed by atoms with E-state index >= 15 is 0 Å². The third kappa shape index (κ3) is 10.4. The summed E-state index contributed by atoms with van der Waals surface area (Å²) in [6.07, 6.45) is 0.910. The molecule has 0 saturated carbocycles. The van der Waals surface area contributed by atoms with Crippen molar-refractivity contribution in [2.45, 2.75) is 32.6 Å². The van der Waals surface area contributed by atoms with E-state index in [0.29, 0.717) is 26.4 Å². The maximum absolute atomic E-state index is 5.48. The summed E-state index contributed by atoms with van der Waals surface area (Å²) in [5.74, 6) is 2.27. The Morgan fingerprint density at radius 1 is 1.00 bits per heavy atom. The molecule has 0 atom stereocenters. The van der Waals surface area contributed by atoms with Crippen molar-refractivity contribution in [1.29, 1.82) is 0 Å². The number of methoxy groups -OCH3 is 3. The molecule has 168 valence electrons. The van der Waals surface area contributed by atoms with Gasteiger partial charge in [0.05, 0.1) is 34.0 Å². The molecular formula is C21H38IN3O4. The van der Waals surface area contributed by atoms with Crippen LogP contribution in [0.5, 0.6) is 11.5 Å². The number of hydrogen-bond donors (Lipinski definition) is 2. The van der Waals surface area contributed by atoms with Gasteiger partial charge in [0.2, 0.25) is 0 Å². The van der Waals surface area contributed by atoms with Crippen LogP contribution in [-0.2, 0) is 14.9 Å². The van der Waals surface area contributed by atoms with Gasteiger partial charge in [-0.05, 0) is 31.0 Å². The molecule has 0 aliphatic rings. The number of aliphatic imine (C=N–C) groups is 1. The molecule has 8 heteroatoms. The first-order valence-corrected chi connectivity index (χ1v) is 9.79. The molecule has 29 heavy (non-hydrogen) atoms. The third-order valence-electron chi connectivity index (χ3n) is 4.33. The monoisotopic (exact) mass is 523 g/mol. The van der Waals surface area contributed by atoms with E-state index in [0.717, 1.165) is 42.5 Å². The van der Waals surface area contributed by atoms with Crippen LogP contribution in [0.3, 0.4) is 0 Å². The lowest BCUT2D eigenvalue weighted by molar-refractivity contribution is 0.0698. The summed E-state index contributed by atoms with van der Waals surface area (Å²) in [6, 6.07) is 6.02. The Morgan fingerprint density at radius 3 is 2.34 bits per heavy atom. The molecule has 0 bridgehead atoms. The molecular weight excluding hydrogens is 485 g/mol. The molecule has 1 aromatic carbocycles. The zero-order valence-electron chi connectivity index (χ0n) is 18.7. The summed E-state index contributed by atoms with van der Waals surface area (Å²) < 4.78 is 21.2. The number of nitrogens with zero attached hydrogens (tertiary/aromatic N) is 1. The van der Waals surface area contributed by atoms with Gasteiger partial charge in [-0.1, -0.05) is 19.9 Å². The van der Waals surface area contributed by atoms with Crippen LogP contribution in [-0.4, -0.2) is 66.7 Å². The zero-order valence-corrected chi connectivity index (χ0v) is 21.0. The predicted octanol–water partition coefficient (Wildman–Crippen LogP) is 3.21. The van der Waals surface area contributed by atoms with Crippen LogP contribution >= 0.6 is 24.0 Å². The highest BCUT2D eigenvalue weighted by Gasteiger charge is 2.22. The van der Waals surface area contributed by atoms with E-state index in [2.05, 4.69) is 37.5 Å². The normalized spacial score (nSPS) is 11.6. The average molecular weight is 523 g/mol. The quantitative estimate of drug-likeness (QED) is 0.179.